The molecule has 0 aliphatic heterocycles. The van der Waals surface area contributed by atoms with E-state index in [-0.39, 0.29) is 18.7 Å². The number of carbonyl (C=O) groups is 2. The third-order valence-electron chi connectivity index (χ3n) is 1.02. The molecule has 14 heavy (non-hydrogen) atoms. The zero-order chi connectivity index (χ0) is 11.4. The van der Waals surface area contributed by atoms with E-state index in [2.05, 4.69) is 9.47 Å². The first-order valence-corrected chi connectivity index (χ1v) is 4.15. The van der Waals surface area contributed by atoms with Crippen LogP contribution in [0.3, 0.4) is 0 Å². The van der Waals surface area contributed by atoms with Gasteiger partial charge in [0.15, 0.2) is 0 Å². The third kappa shape index (κ3) is 13.4. The highest BCUT2D eigenvalue weighted by atomic mass is 16.7. The summed E-state index contributed by atoms with van der Waals surface area (Å²) in [6.07, 6.45) is 0.591. The standard InChI is InChI=1S/C7H12O4.CH4O2/c1-3-6(8)10-5-11-7(9)4-2;2-1-3/h3-5H2,1-2H3;2-3H,1H2. The fourth-order valence-corrected chi connectivity index (χ4v) is 0.365. The van der Waals surface area contributed by atoms with Gasteiger partial charge in [0.05, 0.1) is 0 Å². The Kier molecular flexibility index (Phi) is 13.0. The van der Waals surface area contributed by atoms with Crippen molar-refractivity contribution in [1.29, 1.82) is 0 Å². The van der Waals surface area contributed by atoms with Crippen molar-refractivity contribution in [2.24, 2.45) is 0 Å². The molecule has 0 aliphatic rings. The molecule has 0 bridgehead atoms. The van der Waals surface area contributed by atoms with Gasteiger partial charge in [0.1, 0.15) is 6.79 Å². The highest BCUT2D eigenvalue weighted by Gasteiger charge is 2.00. The summed E-state index contributed by atoms with van der Waals surface area (Å²) in [7, 11) is 0. The van der Waals surface area contributed by atoms with Crippen LogP contribution in [0.5, 0.6) is 0 Å². The monoisotopic (exact) mass is 208 g/mol. The number of carbonyl (C=O) groups excluding carboxylic acids is 2. The molecule has 0 amide bonds. The number of rotatable bonds is 4. The molecule has 0 heterocycles. The quantitative estimate of drug-likeness (QED) is 0.490. The molecule has 0 aromatic carbocycles. The van der Waals surface area contributed by atoms with Crippen LogP contribution in [0.15, 0.2) is 0 Å². The molecule has 0 radical (unpaired) electrons. The lowest BCUT2D eigenvalue weighted by atomic mass is 10.5. The van der Waals surface area contributed by atoms with Crippen LogP contribution in [0.1, 0.15) is 26.7 Å². The molecule has 0 rings (SSSR count). The van der Waals surface area contributed by atoms with E-state index in [9.17, 15) is 9.59 Å². The first-order chi connectivity index (χ1) is 6.62. The lowest BCUT2D eigenvalue weighted by molar-refractivity contribution is -0.166. The Balaban J connectivity index is 0. The van der Waals surface area contributed by atoms with Crippen LogP contribution >= 0.6 is 0 Å². The Bertz CT molecular complexity index is 140. The molecule has 0 saturated carbocycles. The number of hydrogen-bond acceptors (Lipinski definition) is 6. The highest BCUT2D eigenvalue weighted by Crippen LogP contribution is 1.88. The van der Waals surface area contributed by atoms with Crippen LogP contribution in [0.2, 0.25) is 0 Å². The van der Waals surface area contributed by atoms with Crippen molar-refractivity contribution in [3.05, 3.63) is 0 Å². The maximum Gasteiger partial charge on any atom is 0.308 e. The maximum atomic E-state index is 10.5. The molecule has 0 unspecified atom stereocenters. The van der Waals surface area contributed by atoms with Gasteiger partial charge in [-0.3, -0.25) is 9.59 Å². The Labute approximate surface area is 82.4 Å². The zero-order valence-corrected chi connectivity index (χ0v) is 8.36. The second kappa shape index (κ2) is 11.9. The van der Waals surface area contributed by atoms with E-state index < -0.39 is 6.79 Å². The summed E-state index contributed by atoms with van der Waals surface area (Å²) in [5, 5.41) is 14.2. The normalized spacial score (nSPS) is 8.29. The fourth-order valence-electron chi connectivity index (χ4n) is 0.365. The minimum absolute atomic E-state index is 0.265. The molecule has 0 atom stereocenters. The second-order valence-electron chi connectivity index (χ2n) is 2.00. The first-order valence-electron chi connectivity index (χ1n) is 4.15. The number of esters is 2. The number of ether oxygens (including phenoxy) is 2. The van der Waals surface area contributed by atoms with Gasteiger partial charge in [-0.25, -0.2) is 0 Å². The predicted molar refractivity (Wildman–Crippen MR) is 46.9 cm³/mol. The Morgan fingerprint density at radius 3 is 1.50 bits per heavy atom. The minimum Gasteiger partial charge on any atom is -0.428 e. The zero-order valence-electron chi connectivity index (χ0n) is 8.36. The number of aliphatic hydroxyl groups excluding tert-OH is 1. The van der Waals surface area contributed by atoms with Crippen molar-refractivity contribution in [2.75, 3.05) is 13.6 Å². The molecule has 0 spiro atoms. The van der Waals surface area contributed by atoms with Gasteiger partial charge >= 0.3 is 11.9 Å². The van der Waals surface area contributed by atoms with Gasteiger partial charge in [-0.2, -0.15) is 0 Å². The van der Waals surface area contributed by atoms with Gasteiger partial charge in [-0.05, 0) is 0 Å². The summed E-state index contributed by atoms with van der Waals surface area (Å²) in [4.78, 5) is 20.9. The van der Waals surface area contributed by atoms with E-state index in [1.54, 1.807) is 13.8 Å². The van der Waals surface area contributed by atoms with Crippen LogP contribution in [0.25, 0.3) is 0 Å². The molecule has 0 saturated heterocycles. The van der Waals surface area contributed by atoms with Gasteiger partial charge in [0.2, 0.25) is 6.79 Å². The smallest absolute Gasteiger partial charge is 0.308 e. The second-order valence-corrected chi connectivity index (χ2v) is 2.00. The average molecular weight is 208 g/mol. The Hall–Kier alpha value is -1.14. The van der Waals surface area contributed by atoms with Crippen LogP contribution in [-0.4, -0.2) is 35.7 Å². The summed E-state index contributed by atoms with van der Waals surface area (Å²) in [6, 6.07) is 0. The van der Waals surface area contributed by atoms with Gasteiger partial charge in [0, 0.05) is 12.8 Å². The van der Waals surface area contributed by atoms with E-state index >= 15 is 0 Å². The van der Waals surface area contributed by atoms with Crippen molar-refractivity contribution in [3.63, 3.8) is 0 Å². The van der Waals surface area contributed by atoms with E-state index in [0.29, 0.717) is 12.8 Å². The van der Waals surface area contributed by atoms with E-state index in [1.807, 2.05) is 0 Å². The van der Waals surface area contributed by atoms with Gasteiger partial charge in [-0.15, -0.1) is 0 Å². The minimum atomic E-state index is -0.750. The van der Waals surface area contributed by atoms with Crippen LogP contribution in [0.4, 0.5) is 0 Å². The van der Waals surface area contributed by atoms with E-state index in [0.717, 1.165) is 0 Å². The molecule has 6 heteroatoms. The van der Waals surface area contributed by atoms with Gasteiger partial charge in [0.25, 0.3) is 0 Å². The van der Waals surface area contributed by atoms with Crippen molar-refractivity contribution < 1.29 is 29.3 Å². The molecule has 0 aromatic rings. The molecule has 0 aromatic heterocycles. The maximum absolute atomic E-state index is 10.5. The molecule has 84 valence electrons. The molecular formula is C8H16O6. The lowest BCUT2D eigenvalue weighted by Gasteiger charge is -2.02. The number of aliphatic hydroxyl groups is 2. The summed E-state index contributed by atoms with van der Waals surface area (Å²) in [6.45, 7) is 2.33. The lowest BCUT2D eigenvalue weighted by Crippen LogP contribution is -2.10. The van der Waals surface area contributed by atoms with Crippen molar-refractivity contribution in [2.45, 2.75) is 26.7 Å². The van der Waals surface area contributed by atoms with E-state index in [4.69, 9.17) is 10.2 Å². The average Bonchev–Trinajstić information content (AvgIpc) is 2.18. The Morgan fingerprint density at radius 1 is 1.00 bits per heavy atom. The number of hydrogen-bond donors (Lipinski definition) is 2. The molecule has 2 N–H and O–H groups in total. The topological polar surface area (TPSA) is 93.1 Å². The van der Waals surface area contributed by atoms with Gasteiger partial charge < -0.3 is 19.7 Å². The summed E-state index contributed by atoms with van der Waals surface area (Å²) in [5.41, 5.74) is 0. The van der Waals surface area contributed by atoms with Crippen molar-refractivity contribution in [1.82, 2.24) is 0 Å². The molecule has 6 nitrogen and oxygen atoms in total. The highest BCUT2D eigenvalue weighted by molar-refractivity contribution is 5.70. The molecule has 0 aliphatic carbocycles. The van der Waals surface area contributed by atoms with Crippen molar-refractivity contribution in [3.8, 4) is 0 Å². The molecule has 0 fully saturated rings. The summed E-state index contributed by atoms with van der Waals surface area (Å²) >= 11 is 0. The summed E-state index contributed by atoms with van der Waals surface area (Å²) in [5.74, 6) is -0.734. The van der Waals surface area contributed by atoms with Crippen LogP contribution in [0, 0.1) is 0 Å². The predicted octanol–water partition coefficient (Wildman–Crippen LogP) is -0.221. The van der Waals surface area contributed by atoms with Crippen LogP contribution < -0.4 is 0 Å². The third-order valence-corrected chi connectivity index (χ3v) is 1.02. The van der Waals surface area contributed by atoms with Crippen molar-refractivity contribution >= 4 is 11.9 Å². The summed E-state index contributed by atoms with van der Waals surface area (Å²) < 4.78 is 8.96. The molecular weight excluding hydrogens is 192 g/mol. The van der Waals surface area contributed by atoms with E-state index in [1.165, 1.54) is 0 Å². The van der Waals surface area contributed by atoms with Gasteiger partial charge in [-0.1, -0.05) is 13.8 Å². The van der Waals surface area contributed by atoms with Crippen LogP contribution in [-0.2, 0) is 19.1 Å². The largest absolute Gasteiger partial charge is 0.428 e. The Morgan fingerprint density at radius 2 is 1.29 bits per heavy atom. The first kappa shape index (κ1) is 15.3. The SMILES string of the molecule is CCC(=O)OCOC(=O)CC.OCO. The fraction of sp³-hybridized carbons (Fsp3) is 0.750.